The van der Waals surface area contributed by atoms with E-state index in [2.05, 4.69) is 0 Å². The summed E-state index contributed by atoms with van der Waals surface area (Å²) in [7, 11) is 0. The minimum Gasteiger partial charge on any atom is -0.277 e. The molecule has 14 heavy (non-hydrogen) atoms. The Morgan fingerprint density at radius 1 is 1.14 bits per heavy atom. The summed E-state index contributed by atoms with van der Waals surface area (Å²) in [6, 6.07) is 0.927. The number of nitrogens with one attached hydrogen (secondary N) is 2. The standard InChI is InChI=1S/C8H6N2O3S/c11-6-5(4-1-2-14-3-4)7(12)10-8(13)9-6/h1-3,5H,(H2,9,10,11,12,13). The lowest BCUT2D eigenvalue weighted by Crippen LogP contribution is -2.54. The van der Waals surface area contributed by atoms with Crippen LogP contribution in [0.2, 0.25) is 0 Å². The predicted octanol–water partition coefficient (Wildman–Crippen LogP) is 0.198. The Morgan fingerprint density at radius 3 is 2.29 bits per heavy atom. The molecule has 0 aliphatic carbocycles. The number of carbonyl (C=O) groups excluding carboxylic acids is 3. The minimum atomic E-state index is -0.904. The van der Waals surface area contributed by atoms with E-state index >= 15 is 0 Å². The van der Waals surface area contributed by atoms with Gasteiger partial charge in [-0.3, -0.25) is 20.2 Å². The molecular weight excluding hydrogens is 204 g/mol. The van der Waals surface area contributed by atoms with Gasteiger partial charge in [0, 0.05) is 0 Å². The van der Waals surface area contributed by atoms with Gasteiger partial charge in [-0.25, -0.2) is 4.79 Å². The lowest BCUT2D eigenvalue weighted by atomic mass is 9.99. The van der Waals surface area contributed by atoms with Gasteiger partial charge in [-0.1, -0.05) is 0 Å². The smallest absolute Gasteiger partial charge is 0.277 e. The molecule has 1 fully saturated rings. The number of carbonyl (C=O) groups is 3. The van der Waals surface area contributed by atoms with E-state index in [0.29, 0.717) is 5.56 Å². The first kappa shape index (κ1) is 8.89. The van der Waals surface area contributed by atoms with E-state index in [4.69, 9.17) is 0 Å². The summed E-state index contributed by atoms with van der Waals surface area (Å²) in [6.45, 7) is 0. The van der Waals surface area contributed by atoms with Crippen LogP contribution in [0.3, 0.4) is 0 Å². The molecule has 0 spiro atoms. The molecule has 2 rings (SSSR count). The predicted molar refractivity (Wildman–Crippen MR) is 48.7 cm³/mol. The highest BCUT2D eigenvalue weighted by Crippen LogP contribution is 2.20. The zero-order chi connectivity index (χ0) is 10.1. The molecule has 1 aliphatic rings. The SMILES string of the molecule is O=C1NC(=O)C(c2ccsc2)C(=O)N1. The van der Waals surface area contributed by atoms with Crippen molar-refractivity contribution in [3.05, 3.63) is 22.4 Å². The van der Waals surface area contributed by atoms with Gasteiger partial charge in [-0.15, -0.1) is 0 Å². The maximum absolute atomic E-state index is 11.3. The lowest BCUT2D eigenvalue weighted by molar-refractivity contribution is -0.132. The second-order valence-corrected chi connectivity index (χ2v) is 3.58. The van der Waals surface area contributed by atoms with Crippen molar-refractivity contribution in [3.63, 3.8) is 0 Å². The first-order valence-corrected chi connectivity index (χ1v) is 4.80. The van der Waals surface area contributed by atoms with Crippen LogP contribution in [0.4, 0.5) is 4.79 Å². The van der Waals surface area contributed by atoms with Crippen molar-refractivity contribution in [2.75, 3.05) is 0 Å². The third-order valence-electron chi connectivity index (χ3n) is 1.87. The molecule has 0 radical (unpaired) electrons. The Bertz CT molecular complexity index is 379. The molecule has 6 heteroatoms. The number of hydrogen-bond donors (Lipinski definition) is 2. The van der Waals surface area contributed by atoms with Gasteiger partial charge in [0.2, 0.25) is 11.8 Å². The zero-order valence-corrected chi connectivity index (χ0v) is 7.76. The molecule has 1 aromatic heterocycles. The third kappa shape index (κ3) is 1.39. The van der Waals surface area contributed by atoms with Crippen LogP contribution in [0.15, 0.2) is 16.8 Å². The van der Waals surface area contributed by atoms with Gasteiger partial charge in [0.1, 0.15) is 5.92 Å². The highest BCUT2D eigenvalue weighted by atomic mass is 32.1. The first-order chi connectivity index (χ1) is 6.68. The molecule has 0 saturated carbocycles. The number of rotatable bonds is 1. The molecule has 0 bridgehead atoms. The Balaban J connectivity index is 2.31. The van der Waals surface area contributed by atoms with E-state index in [0.717, 1.165) is 0 Å². The average Bonchev–Trinajstić information content (AvgIpc) is 2.54. The number of imide groups is 2. The monoisotopic (exact) mass is 210 g/mol. The van der Waals surface area contributed by atoms with Crippen molar-refractivity contribution in [1.29, 1.82) is 0 Å². The average molecular weight is 210 g/mol. The number of barbiturate groups is 1. The molecular formula is C8H6N2O3S. The summed E-state index contributed by atoms with van der Waals surface area (Å²) < 4.78 is 0. The molecule has 1 saturated heterocycles. The van der Waals surface area contributed by atoms with Crippen LogP contribution < -0.4 is 10.6 Å². The van der Waals surface area contributed by atoms with Crippen LogP contribution in [0.25, 0.3) is 0 Å². The van der Waals surface area contributed by atoms with E-state index in [1.54, 1.807) is 16.8 Å². The van der Waals surface area contributed by atoms with Gasteiger partial charge >= 0.3 is 6.03 Å². The van der Waals surface area contributed by atoms with Crippen LogP contribution in [-0.4, -0.2) is 17.8 Å². The van der Waals surface area contributed by atoms with Crippen LogP contribution in [0.5, 0.6) is 0 Å². The number of hydrogen-bond acceptors (Lipinski definition) is 4. The van der Waals surface area contributed by atoms with Crippen molar-refractivity contribution >= 4 is 29.2 Å². The van der Waals surface area contributed by atoms with Crippen molar-refractivity contribution in [3.8, 4) is 0 Å². The Morgan fingerprint density at radius 2 is 1.79 bits per heavy atom. The quantitative estimate of drug-likeness (QED) is 0.650. The summed E-state index contributed by atoms with van der Waals surface area (Å²) in [5, 5.41) is 7.56. The van der Waals surface area contributed by atoms with Gasteiger partial charge in [-0.05, 0) is 22.4 Å². The summed E-state index contributed by atoms with van der Waals surface area (Å²) >= 11 is 1.39. The summed E-state index contributed by atoms with van der Waals surface area (Å²) in [5.74, 6) is -2.05. The molecule has 2 N–H and O–H groups in total. The second-order valence-electron chi connectivity index (χ2n) is 2.80. The minimum absolute atomic E-state index is 0.572. The molecule has 5 nitrogen and oxygen atoms in total. The van der Waals surface area contributed by atoms with E-state index in [1.807, 2.05) is 10.6 Å². The lowest BCUT2D eigenvalue weighted by Gasteiger charge is -2.19. The molecule has 1 aliphatic heterocycles. The number of urea groups is 1. The molecule has 0 aromatic carbocycles. The maximum Gasteiger partial charge on any atom is 0.328 e. The fourth-order valence-electron chi connectivity index (χ4n) is 1.26. The van der Waals surface area contributed by atoms with Crippen molar-refractivity contribution < 1.29 is 14.4 Å². The summed E-state index contributed by atoms with van der Waals surface area (Å²) in [5.41, 5.74) is 0.609. The fourth-order valence-corrected chi connectivity index (χ4v) is 1.95. The summed E-state index contributed by atoms with van der Waals surface area (Å²) in [4.78, 5) is 33.4. The van der Waals surface area contributed by atoms with Crippen molar-refractivity contribution in [2.24, 2.45) is 0 Å². The Labute approximate surface area is 83.1 Å². The molecule has 2 heterocycles. The van der Waals surface area contributed by atoms with E-state index in [9.17, 15) is 14.4 Å². The van der Waals surface area contributed by atoms with Crippen LogP contribution in [-0.2, 0) is 9.59 Å². The molecule has 0 unspecified atom stereocenters. The normalized spacial score (nSPS) is 17.9. The third-order valence-corrected chi connectivity index (χ3v) is 2.58. The molecule has 1 aromatic rings. The molecule has 0 atom stereocenters. The fraction of sp³-hybridized carbons (Fsp3) is 0.125. The van der Waals surface area contributed by atoms with E-state index in [1.165, 1.54) is 11.3 Å². The zero-order valence-electron chi connectivity index (χ0n) is 6.94. The van der Waals surface area contributed by atoms with Crippen molar-refractivity contribution in [2.45, 2.75) is 5.92 Å². The number of thiophene rings is 1. The van der Waals surface area contributed by atoms with E-state index < -0.39 is 23.8 Å². The molecule has 72 valence electrons. The highest BCUT2D eigenvalue weighted by molar-refractivity contribution is 7.08. The van der Waals surface area contributed by atoms with Gasteiger partial charge in [0.25, 0.3) is 0 Å². The van der Waals surface area contributed by atoms with Crippen LogP contribution in [0, 0.1) is 0 Å². The first-order valence-electron chi connectivity index (χ1n) is 3.86. The van der Waals surface area contributed by atoms with E-state index in [-0.39, 0.29) is 0 Å². The second kappa shape index (κ2) is 3.22. The molecule has 4 amide bonds. The highest BCUT2D eigenvalue weighted by Gasteiger charge is 2.35. The largest absolute Gasteiger partial charge is 0.328 e. The maximum atomic E-state index is 11.3. The van der Waals surface area contributed by atoms with Gasteiger partial charge in [0.15, 0.2) is 0 Å². The van der Waals surface area contributed by atoms with Gasteiger partial charge in [0.05, 0.1) is 0 Å². The Kier molecular flexibility index (Phi) is 2.05. The van der Waals surface area contributed by atoms with Crippen LogP contribution >= 0.6 is 11.3 Å². The topological polar surface area (TPSA) is 75.3 Å². The summed E-state index contributed by atoms with van der Waals surface area (Å²) in [6.07, 6.45) is 0. The van der Waals surface area contributed by atoms with Gasteiger partial charge < -0.3 is 0 Å². The van der Waals surface area contributed by atoms with Crippen LogP contribution in [0.1, 0.15) is 11.5 Å². The van der Waals surface area contributed by atoms with Gasteiger partial charge in [-0.2, -0.15) is 11.3 Å². The number of amides is 4. The Hall–Kier alpha value is -1.69. The van der Waals surface area contributed by atoms with Crippen molar-refractivity contribution in [1.82, 2.24) is 10.6 Å².